The Labute approximate surface area is 104 Å². The molecule has 1 atom stereocenters. The smallest absolute Gasteiger partial charge is 0.141 e. The zero-order valence-corrected chi connectivity index (χ0v) is 10.8. The first-order valence-electron chi connectivity index (χ1n) is 6.56. The normalized spacial score (nSPS) is 16.8. The van der Waals surface area contributed by atoms with Gasteiger partial charge < -0.3 is 10.1 Å². The van der Waals surface area contributed by atoms with Crippen molar-refractivity contribution < 1.29 is 4.74 Å². The summed E-state index contributed by atoms with van der Waals surface area (Å²) in [5.41, 5.74) is 1.24. The minimum Gasteiger partial charge on any atom is -0.495 e. The molecule has 0 amide bonds. The lowest BCUT2D eigenvalue weighted by Crippen LogP contribution is -2.21. The van der Waals surface area contributed by atoms with Crippen LogP contribution in [0, 0.1) is 5.92 Å². The average Bonchev–Trinajstić information content (AvgIpc) is 3.18. The molecule has 1 heterocycles. The lowest BCUT2D eigenvalue weighted by Gasteiger charge is -2.20. The molecule has 2 rings (SSSR count). The molecule has 0 aliphatic heterocycles. The highest BCUT2D eigenvalue weighted by atomic mass is 16.5. The molecule has 1 aliphatic carbocycles. The highest BCUT2D eigenvalue weighted by molar-refractivity contribution is 5.32. The van der Waals surface area contributed by atoms with Crippen molar-refractivity contribution in [1.82, 2.24) is 10.3 Å². The second kappa shape index (κ2) is 6.01. The molecule has 17 heavy (non-hydrogen) atoms. The van der Waals surface area contributed by atoms with Crippen LogP contribution in [-0.4, -0.2) is 18.6 Å². The second-order valence-corrected chi connectivity index (χ2v) is 4.75. The van der Waals surface area contributed by atoms with Crippen LogP contribution in [0.5, 0.6) is 5.75 Å². The maximum absolute atomic E-state index is 5.39. The first-order chi connectivity index (χ1) is 8.35. The molecule has 94 valence electrons. The fourth-order valence-corrected chi connectivity index (χ4v) is 2.27. The molecule has 1 fully saturated rings. The Bertz CT molecular complexity index is 350. The zero-order valence-electron chi connectivity index (χ0n) is 10.8. The van der Waals surface area contributed by atoms with Crippen molar-refractivity contribution in [2.45, 2.75) is 38.6 Å². The lowest BCUT2D eigenvalue weighted by molar-refractivity contribution is 0.391. The van der Waals surface area contributed by atoms with E-state index in [2.05, 4.69) is 23.3 Å². The topological polar surface area (TPSA) is 34.2 Å². The van der Waals surface area contributed by atoms with Crippen molar-refractivity contribution in [3.05, 3.63) is 24.0 Å². The standard InChI is InChI=1S/C14H22N2O/c1-3-16-13(7-6-11-4-5-11)12-8-9-15-10-14(12)17-2/h8-11,13,16H,3-7H2,1-2H3. The van der Waals surface area contributed by atoms with Crippen LogP contribution in [0.25, 0.3) is 0 Å². The van der Waals surface area contributed by atoms with Crippen molar-refractivity contribution in [3.8, 4) is 5.75 Å². The van der Waals surface area contributed by atoms with Gasteiger partial charge in [0, 0.05) is 17.8 Å². The van der Waals surface area contributed by atoms with Gasteiger partial charge in [-0.2, -0.15) is 0 Å². The van der Waals surface area contributed by atoms with Crippen molar-refractivity contribution in [2.24, 2.45) is 5.92 Å². The molecule has 0 aromatic carbocycles. The van der Waals surface area contributed by atoms with Gasteiger partial charge in [-0.1, -0.05) is 19.8 Å². The van der Waals surface area contributed by atoms with E-state index in [0.29, 0.717) is 6.04 Å². The summed E-state index contributed by atoms with van der Waals surface area (Å²) < 4.78 is 5.39. The van der Waals surface area contributed by atoms with Gasteiger partial charge in [0.15, 0.2) is 0 Å². The van der Waals surface area contributed by atoms with E-state index in [1.807, 2.05) is 6.20 Å². The molecule has 0 spiro atoms. The van der Waals surface area contributed by atoms with E-state index in [4.69, 9.17) is 4.74 Å². The minimum absolute atomic E-state index is 0.401. The van der Waals surface area contributed by atoms with E-state index in [1.165, 1.54) is 31.2 Å². The van der Waals surface area contributed by atoms with Crippen LogP contribution in [0.3, 0.4) is 0 Å². The molecule has 1 saturated carbocycles. The van der Waals surface area contributed by atoms with Crippen LogP contribution in [0.4, 0.5) is 0 Å². The Morgan fingerprint density at radius 3 is 3.00 bits per heavy atom. The van der Waals surface area contributed by atoms with Crippen LogP contribution in [0.2, 0.25) is 0 Å². The van der Waals surface area contributed by atoms with Gasteiger partial charge in [-0.25, -0.2) is 0 Å². The summed E-state index contributed by atoms with van der Waals surface area (Å²) in [6.45, 7) is 3.14. The van der Waals surface area contributed by atoms with E-state index in [9.17, 15) is 0 Å². The Kier molecular flexibility index (Phi) is 4.37. The third-order valence-electron chi connectivity index (χ3n) is 3.42. The van der Waals surface area contributed by atoms with E-state index in [1.54, 1.807) is 13.3 Å². The summed E-state index contributed by atoms with van der Waals surface area (Å²) >= 11 is 0. The van der Waals surface area contributed by atoms with E-state index in [0.717, 1.165) is 18.2 Å². The Balaban J connectivity index is 2.05. The summed E-state index contributed by atoms with van der Waals surface area (Å²) in [6, 6.07) is 2.47. The molecule has 3 nitrogen and oxygen atoms in total. The third kappa shape index (κ3) is 3.43. The first kappa shape index (κ1) is 12.4. The number of ether oxygens (including phenoxy) is 1. The molecule has 0 bridgehead atoms. The molecule has 0 saturated heterocycles. The number of hydrogen-bond acceptors (Lipinski definition) is 3. The molecule has 1 unspecified atom stereocenters. The predicted molar refractivity (Wildman–Crippen MR) is 69.2 cm³/mol. The molecular weight excluding hydrogens is 212 g/mol. The number of rotatable bonds is 7. The minimum atomic E-state index is 0.401. The summed E-state index contributed by atoms with van der Waals surface area (Å²) in [4.78, 5) is 4.11. The molecule has 1 aliphatic rings. The molecule has 0 radical (unpaired) electrons. The second-order valence-electron chi connectivity index (χ2n) is 4.75. The largest absolute Gasteiger partial charge is 0.495 e. The average molecular weight is 234 g/mol. The number of nitrogens with zero attached hydrogens (tertiary/aromatic N) is 1. The van der Waals surface area contributed by atoms with Crippen LogP contribution in [0.1, 0.15) is 44.2 Å². The quantitative estimate of drug-likeness (QED) is 0.787. The van der Waals surface area contributed by atoms with Crippen molar-refractivity contribution in [1.29, 1.82) is 0 Å². The van der Waals surface area contributed by atoms with Gasteiger partial charge in [0.05, 0.1) is 13.3 Å². The Morgan fingerprint density at radius 1 is 1.53 bits per heavy atom. The first-order valence-corrected chi connectivity index (χ1v) is 6.56. The number of hydrogen-bond donors (Lipinski definition) is 1. The zero-order chi connectivity index (χ0) is 12.1. The fraction of sp³-hybridized carbons (Fsp3) is 0.643. The van der Waals surface area contributed by atoms with Gasteiger partial charge in [-0.15, -0.1) is 0 Å². The van der Waals surface area contributed by atoms with E-state index in [-0.39, 0.29) is 0 Å². The van der Waals surface area contributed by atoms with Crippen LogP contribution < -0.4 is 10.1 Å². The molecule has 1 N–H and O–H groups in total. The monoisotopic (exact) mass is 234 g/mol. The van der Waals surface area contributed by atoms with Crippen LogP contribution >= 0.6 is 0 Å². The lowest BCUT2D eigenvalue weighted by atomic mass is 10.0. The fourth-order valence-electron chi connectivity index (χ4n) is 2.27. The number of pyridine rings is 1. The summed E-state index contributed by atoms with van der Waals surface area (Å²) in [5.74, 6) is 1.87. The molecule has 1 aromatic heterocycles. The Hall–Kier alpha value is -1.09. The maximum atomic E-state index is 5.39. The van der Waals surface area contributed by atoms with Gasteiger partial charge in [-0.05, 0) is 31.4 Å². The SMILES string of the molecule is CCNC(CCC1CC1)c1ccncc1OC. The summed E-state index contributed by atoms with van der Waals surface area (Å²) in [7, 11) is 1.71. The molecule has 1 aromatic rings. The highest BCUT2D eigenvalue weighted by Crippen LogP contribution is 2.37. The Morgan fingerprint density at radius 2 is 2.35 bits per heavy atom. The van der Waals surface area contributed by atoms with Crippen LogP contribution in [-0.2, 0) is 0 Å². The van der Waals surface area contributed by atoms with Crippen molar-refractivity contribution >= 4 is 0 Å². The number of nitrogens with one attached hydrogen (secondary N) is 1. The highest BCUT2D eigenvalue weighted by Gasteiger charge is 2.23. The van der Waals surface area contributed by atoms with Gasteiger partial charge in [0.1, 0.15) is 5.75 Å². The van der Waals surface area contributed by atoms with E-state index < -0.39 is 0 Å². The summed E-state index contributed by atoms with van der Waals surface area (Å²) in [6.07, 6.45) is 9.01. The van der Waals surface area contributed by atoms with E-state index >= 15 is 0 Å². The van der Waals surface area contributed by atoms with Gasteiger partial charge in [-0.3, -0.25) is 4.98 Å². The third-order valence-corrected chi connectivity index (χ3v) is 3.42. The number of aromatic nitrogens is 1. The predicted octanol–water partition coefficient (Wildman–Crippen LogP) is 2.93. The maximum Gasteiger partial charge on any atom is 0.141 e. The van der Waals surface area contributed by atoms with Gasteiger partial charge in [0.2, 0.25) is 0 Å². The van der Waals surface area contributed by atoms with Crippen molar-refractivity contribution in [3.63, 3.8) is 0 Å². The molecular formula is C14H22N2O. The van der Waals surface area contributed by atoms with Crippen molar-refractivity contribution in [2.75, 3.05) is 13.7 Å². The van der Waals surface area contributed by atoms with Gasteiger partial charge >= 0.3 is 0 Å². The molecule has 3 heteroatoms. The summed E-state index contributed by atoms with van der Waals surface area (Å²) in [5, 5.41) is 3.55. The van der Waals surface area contributed by atoms with Gasteiger partial charge in [0.25, 0.3) is 0 Å². The van der Waals surface area contributed by atoms with Crippen LogP contribution in [0.15, 0.2) is 18.5 Å². The number of methoxy groups -OCH3 is 1.